The van der Waals surface area contributed by atoms with Gasteiger partial charge in [0.05, 0.1) is 18.2 Å². The van der Waals surface area contributed by atoms with Crippen LogP contribution >= 0.6 is 0 Å². The van der Waals surface area contributed by atoms with Gasteiger partial charge >= 0.3 is 6.18 Å². The first-order valence-corrected chi connectivity index (χ1v) is 5.84. The van der Waals surface area contributed by atoms with Crippen LogP contribution in [0.15, 0.2) is 18.3 Å². The lowest BCUT2D eigenvalue weighted by Gasteiger charge is -2.27. The Morgan fingerprint density at radius 2 is 2.06 bits per heavy atom. The summed E-state index contributed by atoms with van der Waals surface area (Å²) in [6.07, 6.45) is 0.144. The van der Waals surface area contributed by atoms with Gasteiger partial charge in [0.25, 0.3) is 5.82 Å². The van der Waals surface area contributed by atoms with Crippen molar-refractivity contribution in [3.63, 3.8) is 0 Å². The van der Waals surface area contributed by atoms with Crippen molar-refractivity contribution in [3.05, 3.63) is 23.9 Å². The van der Waals surface area contributed by atoms with Crippen molar-refractivity contribution in [2.75, 3.05) is 11.4 Å². The quantitative estimate of drug-likeness (QED) is 0.743. The molecule has 0 saturated carbocycles. The molecule has 0 radical (unpaired) electrons. The van der Waals surface area contributed by atoms with Crippen LogP contribution in [0.1, 0.15) is 31.7 Å². The second-order valence-corrected chi connectivity index (χ2v) is 4.50. The van der Waals surface area contributed by atoms with Crippen LogP contribution in [0.5, 0.6) is 0 Å². The van der Waals surface area contributed by atoms with Gasteiger partial charge in [0.15, 0.2) is 0 Å². The number of anilines is 1. The van der Waals surface area contributed by atoms with Gasteiger partial charge in [0.1, 0.15) is 6.20 Å². The Labute approximate surface area is 98.5 Å². The Balaban J connectivity index is 2.17. The molecule has 0 amide bonds. The van der Waals surface area contributed by atoms with E-state index in [0.717, 1.165) is 37.5 Å². The van der Waals surface area contributed by atoms with E-state index in [1.165, 1.54) is 12.5 Å². The lowest BCUT2D eigenvalue weighted by Crippen LogP contribution is -2.40. The predicted octanol–water partition coefficient (Wildman–Crippen LogP) is 2.90. The lowest BCUT2D eigenvalue weighted by atomic mass is 10.0. The summed E-state index contributed by atoms with van der Waals surface area (Å²) in [6, 6.07) is 3.04. The van der Waals surface area contributed by atoms with Crippen LogP contribution in [0, 0.1) is 0 Å². The van der Waals surface area contributed by atoms with E-state index in [1.807, 2.05) is 0 Å². The first-order valence-electron chi connectivity index (χ1n) is 5.84. The van der Waals surface area contributed by atoms with Gasteiger partial charge in [-0.1, -0.05) is 0 Å². The minimum Gasteiger partial charge on any atom is -0.259 e. The highest BCUT2D eigenvalue weighted by atomic mass is 19.4. The molecule has 1 aromatic heterocycles. The van der Waals surface area contributed by atoms with Crippen LogP contribution in [0.25, 0.3) is 0 Å². The molecular formula is C12H16F3N2+. The summed E-state index contributed by atoms with van der Waals surface area (Å²) < 4.78 is 37.2. The third-order valence-corrected chi connectivity index (χ3v) is 3.24. The standard InChI is InChI=1S/C12H15F3N2/c1-9-4-2-3-7-17(9)11-6-5-10(8-16-11)12(13,14)15/h5-6,8-9H,2-4,7H2,1H3/p+1/t9-/m1/s1. The van der Waals surface area contributed by atoms with Crippen molar-refractivity contribution in [1.82, 2.24) is 0 Å². The maximum atomic E-state index is 12.4. The van der Waals surface area contributed by atoms with Crippen LogP contribution in [0.3, 0.4) is 0 Å². The Hall–Kier alpha value is -1.26. The third-order valence-electron chi connectivity index (χ3n) is 3.24. The van der Waals surface area contributed by atoms with E-state index in [1.54, 1.807) is 0 Å². The number of halogens is 3. The number of rotatable bonds is 1. The minimum absolute atomic E-state index is 0.386. The highest BCUT2D eigenvalue weighted by Crippen LogP contribution is 2.29. The highest BCUT2D eigenvalue weighted by molar-refractivity contribution is 5.35. The third kappa shape index (κ3) is 2.70. The van der Waals surface area contributed by atoms with Crippen molar-refractivity contribution in [2.24, 2.45) is 0 Å². The molecule has 1 N–H and O–H groups in total. The first-order chi connectivity index (χ1) is 7.98. The van der Waals surface area contributed by atoms with Crippen LogP contribution in [-0.4, -0.2) is 12.6 Å². The van der Waals surface area contributed by atoms with E-state index in [9.17, 15) is 13.2 Å². The number of H-pyrrole nitrogens is 1. The Kier molecular flexibility index (Phi) is 3.26. The van der Waals surface area contributed by atoms with Crippen LogP contribution in [-0.2, 0) is 6.18 Å². The molecule has 2 heterocycles. The van der Waals surface area contributed by atoms with Gasteiger partial charge in [-0.25, -0.2) is 4.98 Å². The fourth-order valence-corrected chi connectivity index (χ4v) is 2.23. The molecule has 1 aliphatic heterocycles. The molecule has 0 aromatic carbocycles. The molecule has 94 valence electrons. The van der Waals surface area contributed by atoms with Crippen LogP contribution in [0.2, 0.25) is 0 Å². The molecule has 0 aliphatic carbocycles. The van der Waals surface area contributed by atoms with Crippen LogP contribution in [0.4, 0.5) is 19.0 Å². The zero-order valence-electron chi connectivity index (χ0n) is 9.72. The van der Waals surface area contributed by atoms with Crippen molar-refractivity contribution in [2.45, 2.75) is 38.4 Å². The van der Waals surface area contributed by atoms with E-state index in [4.69, 9.17) is 0 Å². The summed E-state index contributed by atoms with van der Waals surface area (Å²) in [4.78, 5) is 4.88. The first kappa shape index (κ1) is 12.2. The smallest absolute Gasteiger partial charge is 0.259 e. The summed E-state index contributed by atoms with van der Waals surface area (Å²) in [5.74, 6) is 0.769. The number of aromatic nitrogens is 1. The molecule has 0 spiro atoms. The second kappa shape index (κ2) is 4.55. The van der Waals surface area contributed by atoms with E-state index >= 15 is 0 Å². The monoisotopic (exact) mass is 245 g/mol. The summed E-state index contributed by atoms with van der Waals surface area (Å²) in [6.45, 7) is 3.01. The number of nitrogens with zero attached hydrogens (tertiary/aromatic N) is 1. The molecule has 2 nitrogen and oxygen atoms in total. The largest absolute Gasteiger partial charge is 0.419 e. The Morgan fingerprint density at radius 3 is 2.59 bits per heavy atom. The normalized spacial score (nSPS) is 21.6. The molecular weight excluding hydrogens is 229 g/mol. The SMILES string of the molecule is C[C@@H]1CCCCN1c1ccc(C(F)(F)F)c[nH+]1. The second-order valence-electron chi connectivity index (χ2n) is 4.50. The fraction of sp³-hybridized carbons (Fsp3) is 0.583. The molecule has 1 atom stereocenters. The molecule has 1 saturated heterocycles. The highest BCUT2D eigenvalue weighted by Gasteiger charge is 2.33. The van der Waals surface area contributed by atoms with Crippen molar-refractivity contribution in [1.29, 1.82) is 0 Å². The number of hydrogen-bond donors (Lipinski definition) is 0. The van der Waals surface area contributed by atoms with Gasteiger partial charge in [-0.2, -0.15) is 13.2 Å². The van der Waals surface area contributed by atoms with Gasteiger partial charge in [0.2, 0.25) is 0 Å². The van der Waals surface area contributed by atoms with Gasteiger partial charge in [-0.15, -0.1) is 0 Å². The fourth-order valence-electron chi connectivity index (χ4n) is 2.23. The molecule has 1 aliphatic rings. The number of hydrogen-bond acceptors (Lipinski definition) is 1. The molecule has 2 rings (SSSR count). The van der Waals surface area contributed by atoms with Gasteiger partial charge in [-0.05, 0) is 32.3 Å². The van der Waals surface area contributed by atoms with Gasteiger partial charge in [-0.3, -0.25) is 4.90 Å². The Morgan fingerprint density at radius 1 is 1.29 bits per heavy atom. The summed E-state index contributed by atoms with van der Waals surface area (Å²) in [7, 11) is 0. The summed E-state index contributed by atoms with van der Waals surface area (Å²) in [5.41, 5.74) is -0.633. The van der Waals surface area contributed by atoms with Crippen molar-refractivity contribution < 1.29 is 18.2 Å². The lowest BCUT2D eigenvalue weighted by molar-refractivity contribution is -0.368. The number of piperidine rings is 1. The summed E-state index contributed by atoms with van der Waals surface area (Å²) >= 11 is 0. The van der Waals surface area contributed by atoms with Gasteiger partial charge < -0.3 is 0 Å². The number of aromatic amines is 1. The minimum atomic E-state index is -4.28. The Bertz CT molecular complexity index is 372. The maximum absolute atomic E-state index is 12.4. The zero-order chi connectivity index (χ0) is 12.5. The van der Waals surface area contributed by atoms with Crippen molar-refractivity contribution >= 4 is 5.82 Å². The van der Waals surface area contributed by atoms with E-state index < -0.39 is 11.7 Å². The molecule has 5 heteroatoms. The molecule has 0 unspecified atom stereocenters. The van der Waals surface area contributed by atoms with E-state index in [-0.39, 0.29) is 0 Å². The number of pyridine rings is 1. The van der Waals surface area contributed by atoms with Gasteiger partial charge in [0, 0.05) is 6.07 Å². The van der Waals surface area contributed by atoms with E-state index in [0.29, 0.717) is 6.04 Å². The van der Waals surface area contributed by atoms with E-state index in [2.05, 4.69) is 16.8 Å². The maximum Gasteiger partial charge on any atom is 0.419 e. The molecule has 0 bridgehead atoms. The number of alkyl halides is 3. The molecule has 1 aromatic rings. The average molecular weight is 245 g/mol. The average Bonchev–Trinajstić information content (AvgIpc) is 2.29. The summed E-state index contributed by atoms with van der Waals surface area (Å²) in [5, 5.41) is 0. The molecule has 17 heavy (non-hydrogen) atoms. The predicted molar refractivity (Wildman–Crippen MR) is 58.7 cm³/mol. The zero-order valence-corrected chi connectivity index (χ0v) is 9.72. The molecule has 1 fully saturated rings. The topological polar surface area (TPSA) is 17.4 Å². The van der Waals surface area contributed by atoms with Crippen molar-refractivity contribution in [3.8, 4) is 0 Å². The van der Waals surface area contributed by atoms with Crippen LogP contribution < -0.4 is 9.88 Å². The number of nitrogens with one attached hydrogen (secondary N) is 1.